The number of carbonyl (C=O) groups excluding carboxylic acids is 1. The molecule has 22 heavy (non-hydrogen) atoms. The van der Waals surface area contributed by atoms with Crippen molar-refractivity contribution in [3.63, 3.8) is 0 Å². The lowest BCUT2D eigenvalue weighted by molar-refractivity contribution is -0.695. The number of imidazole rings is 1. The molecule has 0 aliphatic heterocycles. The van der Waals surface area contributed by atoms with Crippen LogP contribution in [0.4, 0.5) is 0 Å². The number of hydrogen-bond donors (Lipinski definition) is 0. The molecule has 0 fully saturated rings. The lowest BCUT2D eigenvalue weighted by Crippen LogP contribution is -2.39. The molecule has 0 bridgehead atoms. The maximum absolute atomic E-state index is 10.9. The van der Waals surface area contributed by atoms with Crippen LogP contribution in [-0.4, -0.2) is 10.5 Å². The van der Waals surface area contributed by atoms with E-state index in [-0.39, 0.29) is 6.54 Å². The van der Waals surface area contributed by atoms with Gasteiger partial charge in [0, 0.05) is 6.42 Å². The van der Waals surface area contributed by atoms with Gasteiger partial charge in [0.25, 0.3) is 5.82 Å². The molecule has 118 valence electrons. The number of aliphatic carboxylic acids is 1. The Hall–Kier alpha value is -2.10. The molecule has 0 aliphatic rings. The first kappa shape index (κ1) is 16.3. The predicted molar refractivity (Wildman–Crippen MR) is 83.0 cm³/mol. The number of unbranched alkanes of at least 4 members (excludes halogenated alkanes) is 3. The van der Waals surface area contributed by atoms with E-state index in [1.807, 2.05) is 30.6 Å². The minimum atomic E-state index is -1.04. The van der Waals surface area contributed by atoms with Crippen LogP contribution in [0.15, 0.2) is 42.7 Å². The van der Waals surface area contributed by atoms with Gasteiger partial charge in [-0.1, -0.05) is 56.5 Å². The first-order valence-corrected chi connectivity index (χ1v) is 8.02. The van der Waals surface area contributed by atoms with Gasteiger partial charge < -0.3 is 9.90 Å². The standard InChI is InChI=1S/C18H24N2O2/c1-2-3-4-8-11-17-19(12-13-20(17)15-18(21)22)14-16-9-6-5-7-10-16/h5-7,9-10,12-13H,2-4,8,11,14-15H2,1H3. The second-order valence-corrected chi connectivity index (χ2v) is 5.64. The Labute approximate surface area is 132 Å². The molecule has 4 heteroatoms. The van der Waals surface area contributed by atoms with Crippen molar-refractivity contribution < 1.29 is 14.5 Å². The van der Waals surface area contributed by atoms with Crippen LogP contribution in [0.3, 0.4) is 0 Å². The number of carboxylic acid groups (broad SMARTS) is 1. The van der Waals surface area contributed by atoms with E-state index >= 15 is 0 Å². The van der Waals surface area contributed by atoms with Crippen molar-refractivity contribution in [2.45, 2.75) is 52.1 Å². The number of benzene rings is 1. The van der Waals surface area contributed by atoms with E-state index in [9.17, 15) is 9.90 Å². The normalized spacial score (nSPS) is 10.8. The zero-order valence-corrected chi connectivity index (χ0v) is 13.2. The van der Waals surface area contributed by atoms with Crippen LogP contribution in [0.1, 0.15) is 44.0 Å². The highest BCUT2D eigenvalue weighted by atomic mass is 16.4. The third-order valence-electron chi connectivity index (χ3n) is 3.84. The first-order chi connectivity index (χ1) is 10.7. The summed E-state index contributed by atoms with van der Waals surface area (Å²) >= 11 is 0. The molecular formula is C18H24N2O2. The van der Waals surface area contributed by atoms with E-state index < -0.39 is 5.97 Å². The molecule has 0 saturated heterocycles. The van der Waals surface area contributed by atoms with Crippen molar-refractivity contribution in [3.05, 3.63) is 54.1 Å². The van der Waals surface area contributed by atoms with Crippen molar-refractivity contribution in [2.24, 2.45) is 0 Å². The van der Waals surface area contributed by atoms with Crippen molar-refractivity contribution in [3.8, 4) is 0 Å². The van der Waals surface area contributed by atoms with Gasteiger partial charge >= 0.3 is 0 Å². The zero-order chi connectivity index (χ0) is 15.8. The van der Waals surface area contributed by atoms with E-state index in [4.69, 9.17) is 0 Å². The van der Waals surface area contributed by atoms with Crippen molar-refractivity contribution in [1.82, 2.24) is 4.57 Å². The topological polar surface area (TPSA) is 48.9 Å². The van der Waals surface area contributed by atoms with Crippen LogP contribution in [0.25, 0.3) is 0 Å². The van der Waals surface area contributed by atoms with E-state index in [0.717, 1.165) is 25.2 Å². The Kier molecular flexibility index (Phi) is 6.19. The number of carbonyl (C=O) groups is 1. The summed E-state index contributed by atoms with van der Waals surface area (Å²) in [6.45, 7) is 2.88. The zero-order valence-electron chi connectivity index (χ0n) is 13.2. The quantitative estimate of drug-likeness (QED) is 0.523. The van der Waals surface area contributed by atoms with Gasteiger partial charge in [-0.05, 0) is 12.0 Å². The first-order valence-electron chi connectivity index (χ1n) is 8.02. The monoisotopic (exact) mass is 300 g/mol. The molecular weight excluding hydrogens is 276 g/mol. The van der Waals surface area contributed by atoms with Crippen molar-refractivity contribution in [1.29, 1.82) is 0 Å². The van der Waals surface area contributed by atoms with Gasteiger partial charge in [-0.15, -0.1) is 0 Å². The second kappa shape index (κ2) is 8.37. The molecule has 0 amide bonds. The van der Waals surface area contributed by atoms with Gasteiger partial charge in [0.05, 0.1) is 5.97 Å². The lowest BCUT2D eigenvalue weighted by atomic mass is 10.1. The van der Waals surface area contributed by atoms with Gasteiger partial charge in [0.1, 0.15) is 25.5 Å². The van der Waals surface area contributed by atoms with Crippen LogP contribution in [0, 0.1) is 0 Å². The van der Waals surface area contributed by atoms with Crippen molar-refractivity contribution >= 4 is 5.97 Å². The fraction of sp³-hybridized carbons (Fsp3) is 0.444. The van der Waals surface area contributed by atoms with E-state index in [2.05, 4.69) is 23.6 Å². The second-order valence-electron chi connectivity index (χ2n) is 5.64. The fourth-order valence-corrected chi connectivity index (χ4v) is 2.70. The lowest BCUT2D eigenvalue weighted by Gasteiger charge is -2.06. The molecule has 1 aromatic heterocycles. The minimum Gasteiger partial charge on any atom is -0.546 e. The third kappa shape index (κ3) is 4.72. The highest BCUT2D eigenvalue weighted by Gasteiger charge is 2.17. The number of rotatable bonds is 9. The Morgan fingerprint density at radius 1 is 1.18 bits per heavy atom. The van der Waals surface area contributed by atoms with Gasteiger partial charge in [0.15, 0.2) is 0 Å². The Bertz CT molecular complexity index is 590. The predicted octanol–water partition coefficient (Wildman–Crippen LogP) is 1.70. The maximum Gasteiger partial charge on any atom is 0.257 e. The van der Waals surface area contributed by atoms with Crippen LogP contribution >= 0.6 is 0 Å². The van der Waals surface area contributed by atoms with Crippen LogP contribution in [-0.2, 0) is 24.3 Å². The summed E-state index contributed by atoms with van der Waals surface area (Å²) in [5.74, 6) is 0.0152. The van der Waals surface area contributed by atoms with Crippen LogP contribution < -0.4 is 9.67 Å². The van der Waals surface area contributed by atoms with Gasteiger partial charge in [0.2, 0.25) is 0 Å². The molecule has 0 saturated carbocycles. The molecule has 1 aromatic carbocycles. The molecule has 2 aromatic rings. The summed E-state index contributed by atoms with van der Waals surface area (Å²) in [5.41, 5.74) is 1.22. The van der Waals surface area contributed by atoms with Crippen LogP contribution in [0.5, 0.6) is 0 Å². The molecule has 0 aliphatic carbocycles. The average Bonchev–Trinajstić information content (AvgIpc) is 2.86. The summed E-state index contributed by atoms with van der Waals surface area (Å²) < 4.78 is 3.94. The van der Waals surface area contributed by atoms with E-state index in [1.54, 1.807) is 4.57 Å². The molecule has 0 radical (unpaired) electrons. The van der Waals surface area contributed by atoms with Crippen molar-refractivity contribution in [2.75, 3.05) is 0 Å². The number of carboxylic acids is 1. The summed E-state index contributed by atoms with van der Waals surface area (Å²) in [4.78, 5) is 10.9. The number of nitrogens with zero attached hydrogens (tertiary/aromatic N) is 2. The number of hydrogen-bond acceptors (Lipinski definition) is 2. The van der Waals surface area contributed by atoms with E-state index in [1.165, 1.54) is 24.8 Å². The average molecular weight is 300 g/mol. The highest BCUT2D eigenvalue weighted by Crippen LogP contribution is 2.07. The highest BCUT2D eigenvalue weighted by molar-refractivity contribution is 5.64. The number of aromatic nitrogens is 2. The Morgan fingerprint density at radius 3 is 2.64 bits per heavy atom. The summed E-state index contributed by atoms with van der Waals surface area (Å²) in [5, 5.41) is 10.9. The van der Waals surface area contributed by atoms with Gasteiger partial charge in [-0.3, -0.25) is 0 Å². The van der Waals surface area contributed by atoms with Gasteiger partial charge in [-0.25, -0.2) is 9.13 Å². The Balaban J connectivity index is 2.13. The molecule has 0 unspecified atom stereocenters. The Morgan fingerprint density at radius 2 is 1.95 bits per heavy atom. The van der Waals surface area contributed by atoms with Crippen LogP contribution in [0.2, 0.25) is 0 Å². The molecule has 1 heterocycles. The smallest absolute Gasteiger partial charge is 0.257 e. The maximum atomic E-state index is 10.9. The molecule has 0 atom stereocenters. The minimum absolute atomic E-state index is 0.0785. The summed E-state index contributed by atoms with van der Waals surface area (Å²) in [7, 11) is 0. The molecule has 0 spiro atoms. The fourth-order valence-electron chi connectivity index (χ4n) is 2.70. The summed E-state index contributed by atoms with van der Waals surface area (Å²) in [6, 6.07) is 10.2. The third-order valence-corrected chi connectivity index (χ3v) is 3.84. The van der Waals surface area contributed by atoms with E-state index in [0.29, 0.717) is 0 Å². The molecule has 0 N–H and O–H groups in total. The largest absolute Gasteiger partial charge is 0.546 e. The van der Waals surface area contributed by atoms with Gasteiger partial charge in [-0.2, -0.15) is 0 Å². The summed E-state index contributed by atoms with van der Waals surface area (Å²) in [6.07, 6.45) is 9.38. The SMILES string of the molecule is CCCCCCc1n(CC(=O)[O-])cc[n+]1Cc1ccccc1. The molecule has 4 nitrogen and oxygen atoms in total. The molecule has 2 rings (SSSR count).